The minimum atomic E-state index is -0.235. The highest BCUT2D eigenvalue weighted by atomic mass is 32.2. The first-order chi connectivity index (χ1) is 14.7. The molecule has 0 saturated carbocycles. The van der Waals surface area contributed by atoms with E-state index in [-0.39, 0.29) is 16.7 Å². The molecule has 1 aliphatic rings. The lowest BCUT2D eigenvalue weighted by atomic mass is 9.78. The number of anilines is 2. The van der Waals surface area contributed by atoms with E-state index in [2.05, 4.69) is 41.5 Å². The molecule has 1 heterocycles. The van der Waals surface area contributed by atoms with E-state index in [1.54, 1.807) is 4.90 Å². The Hall–Kier alpha value is -2.31. The topological polar surface area (TPSA) is 43.8 Å². The van der Waals surface area contributed by atoms with Crippen LogP contribution < -0.4 is 9.80 Å². The molecule has 2 aromatic rings. The fourth-order valence-electron chi connectivity index (χ4n) is 3.63. The minimum absolute atomic E-state index is 0.125. The summed E-state index contributed by atoms with van der Waals surface area (Å²) in [7, 11) is 3.96. The van der Waals surface area contributed by atoms with Gasteiger partial charge in [-0.25, -0.2) is 0 Å². The van der Waals surface area contributed by atoms with Gasteiger partial charge in [0.1, 0.15) is 5.75 Å². The molecule has 0 atom stereocenters. The molecule has 1 N–H and O–H groups in total. The van der Waals surface area contributed by atoms with Crippen molar-refractivity contribution in [1.82, 2.24) is 0 Å². The summed E-state index contributed by atoms with van der Waals surface area (Å²) >= 11 is 6.85. The maximum absolute atomic E-state index is 13.3. The first-order valence-corrected chi connectivity index (χ1v) is 11.9. The number of carbonyl (C=O) groups excluding carboxylic acids is 1. The number of nitrogens with zero attached hydrogens (tertiary/aromatic N) is 2. The van der Waals surface area contributed by atoms with Gasteiger partial charge in [-0.3, -0.25) is 9.69 Å². The molecule has 0 aliphatic carbocycles. The van der Waals surface area contributed by atoms with Crippen molar-refractivity contribution in [3.05, 3.63) is 58.0 Å². The molecule has 1 amide bonds. The summed E-state index contributed by atoms with van der Waals surface area (Å²) in [6.07, 6.45) is 1.89. The smallest absolute Gasteiger partial charge is 0.270 e. The Morgan fingerprint density at radius 2 is 1.47 bits per heavy atom. The van der Waals surface area contributed by atoms with Gasteiger partial charge in [0.25, 0.3) is 5.91 Å². The normalized spacial score (nSPS) is 16.2. The van der Waals surface area contributed by atoms with Crippen molar-refractivity contribution in [3.8, 4) is 5.75 Å². The molecule has 4 nitrogen and oxygen atoms in total. The number of carbonyl (C=O) groups is 1. The first kappa shape index (κ1) is 24.3. The van der Waals surface area contributed by atoms with Gasteiger partial charge in [0.15, 0.2) is 4.32 Å². The summed E-state index contributed by atoms with van der Waals surface area (Å²) in [6, 6.07) is 11.7. The predicted molar refractivity (Wildman–Crippen MR) is 142 cm³/mol. The van der Waals surface area contributed by atoms with Crippen molar-refractivity contribution in [2.24, 2.45) is 0 Å². The van der Waals surface area contributed by atoms with Crippen LogP contribution in [0.4, 0.5) is 11.4 Å². The van der Waals surface area contributed by atoms with Crippen LogP contribution in [0.3, 0.4) is 0 Å². The largest absolute Gasteiger partial charge is 0.507 e. The zero-order valence-electron chi connectivity index (χ0n) is 20.1. The molecule has 2 aromatic carbocycles. The molecule has 0 bridgehead atoms. The Morgan fingerprint density at radius 1 is 0.969 bits per heavy atom. The Bertz CT molecular complexity index is 1050. The van der Waals surface area contributed by atoms with Gasteiger partial charge in [-0.2, -0.15) is 0 Å². The molecule has 170 valence electrons. The molecule has 0 spiro atoms. The van der Waals surface area contributed by atoms with Crippen molar-refractivity contribution in [2.75, 3.05) is 23.9 Å². The van der Waals surface area contributed by atoms with Gasteiger partial charge in [-0.05, 0) is 58.9 Å². The Morgan fingerprint density at radius 3 is 1.91 bits per heavy atom. The summed E-state index contributed by atoms with van der Waals surface area (Å²) in [5, 5.41) is 11.0. The number of rotatable bonds is 3. The molecule has 3 rings (SSSR count). The summed E-state index contributed by atoms with van der Waals surface area (Å²) in [4.78, 5) is 17.4. The van der Waals surface area contributed by atoms with Gasteiger partial charge in [0.2, 0.25) is 0 Å². The predicted octanol–water partition coefficient (Wildman–Crippen LogP) is 6.46. The van der Waals surface area contributed by atoms with Crippen LogP contribution in [-0.4, -0.2) is 29.4 Å². The van der Waals surface area contributed by atoms with Crippen LogP contribution in [0, 0.1) is 0 Å². The Balaban J connectivity index is 2.03. The maximum atomic E-state index is 13.3. The van der Waals surface area contributed by atoms with Crippen LogP contribution in [0.1, 0.15) is 58.2 Å². The van der Waals surface area contributed by atoms with Crippen LogP contribution in [0.25, 0.3) is 6.08 Å². The zero-order valence-corrected chi connectivity index (χ0v) is 21.7. The van der Waals surface area contributed by atoms with Crippen LogP contribution in [-0.2, 0) is 15.6 Å². The van der Waals surface area contributed by atoms with E-state index in [0.29, 0.717) is 15.0 Å². The number of phenolic OH excluding ortho intramolecular Hbond substituents is 1. The van der Waals surface area contributed by atoms with E-state index >= 15 is 0 Å². The third-order valence-corrected chi connectivity index (χ3v) is 6.77. The second-order valence-corrected chi connectivity index (χ2v) is 12.1. The van der Waals surface area contributed by atoms with E-state index < -0.39 is 0 Å². The number of hydrogen-bond donors (Lipinski definition) is 1. The maximum Gasteiger partial charge on any atom is 0.270 e. The van der Waals surface area contributed by atoms with E-state index in [0.717, 1.165) is 28.1 Å². The lowest BCUT2D eigenvalue weighted by Gasteiger charge is -2.28. The SMILES string of the molecule is CN(C)c1ccc(N2C(=O)/C(=C/c3cc(C(C)(C)C)c(O)c(C(C)(C)C)c3)SC2=S)cc1. The van der Waals surface area contributed by atoms with Gasteiger partial charge in [0, 0.05) is 30.9 Å². The molecule has 32 heavy (non-hydrogen) atoms. The Labute approximate surface area is 201 Å². The van der Waals surface area contributed by atoms with E-state index in [4.69, 9.17) is 12.2 Å². The number of thioether (sulfide) groups is 1. The van der Waals surface area contributed by atoms with Crippen molar-refractivity contribution in [3.63, 3.8) is 0 Å². The second-order valence-electron chi connectivity index (χ2n) is 10.4. The highest BCUT2D eigenvalue weighted by molar-refractivity contribution is 8.27. The number of phenols is 1. The molecular weight excluding hydrogens is 436 g/mol. The number of benzene rings is 2. The molecule has 6 heteroatoms. The molecule has 1 aliphatic heterocycles. The molecule has 1 saturated heterocycles. The van der Waals surface area contributed by atoms with Crippen LogP contribution in [0.2, 0.25) is 0 Å². The van der Waals surface area contributed by atoms with Crippen molar-refractivity contribution in [1.29, 1.82) is 0 Å². The number of thiocarbonyl (C=S) groups is 1. The third-order valence-electron chi connectivity index (χ3n) is 5.46. The lowest BCUT2D eigenvalue weighted by molar-refractivity contribution is -0.113. The fraction of sp³-hybridized carbons (Fsp3) is 0.385. The van der Waals surface area contributed by atoms with Gasteiger partial charge in [-0.15, -0.1) is 0 Å². The molecule has 0 aromatic heterocycles. The Kier molecular flexibility index (Phi) is 6.51. The first-order valence-electron chi connectivity index (χ1n) is 10.6. The number of aromatic hydroxyl groups is 1. The van der Waals surface area contributed by atoms with Gasteiger partial charge < -0.3 is 10.0 Å². The summed E-state index contributed by atoms with van der Waals surface area (Å²) in [5.41, 5.74) is 3.97. The number of amides is 1. The molecule has 0 radical (unpaired) electrons. The quantitative estimate of drug-likeness (QED) is 0.414. The van der Waals surface area contributed by atoms with Crippen LogP contribution in [0.15, 0.2) is 41.3 Å². The standard InChI is InChI=1S/C26H32N2O2S2/c1-25(2,3)19-13-16(14-20(22(19)29)26(4,5)6)15-21-23(30)28(24(31)32-21)18-11-9-17(10-12-18)27(7)8/h9-15,29H,1-8H3/b21-15-. The molecule has 0 unspecified atom stereocenters. The van der Waals surface area contributed by atoms with Gasteiger partial charge in [-0.1, -0.05) is 65.5 Å². The van der Waals surface area contributed by atoms with Gasteiger partial charge in [0.05, 0.1) is 10.6 Å². The highest BCUT2D eigenvalue weighted by Crippen LogP contribution is 2.42. The van der Waals surface area contributed by atoms with E-state index in [1.807, 2.05) is 61.5 Å². The monoisotopic (exact) mass is 468 g/mol. The average molecular weight is 469 g/mol. The second kappa shape index (κ2) is 8.56. The van der Waals surface area contributed by atoms with Gasteiger partial charge >= 0.3 is 0 Å². The zero-order chi connectivity index (χ0) is 24.0. The minimum Gasteiger partial charge on any atom is -0.507 e. The summed E-state index contributed by atoms with van der Waals surface area (Å²) < 4.78 is 0.518. The highest BCUT2D eigenvalue weighted by Gasteiger charge is 2.34. The van der Waals surface area contributed by atoms with Crippen LogP contribution in [0.5, 0.6) is 5.75 Å². The van der Waals surface area contributed by atoms with Crippen molar-refractivity contribution in [2.45, 2.75) is 52.4 Å². The van der Waals surface area contributed by atoms with Crippen molar-refractivity contribution >= 4 is 51.7 Å². The van der Waals surface area contributed by atoms with Crippen LogP contribution >= 0.6 is 24.0 Å². The van der Waals surface area contributed by atoms with E-state index in [1.165, 1.54) is 11.8 Å². The summed E-state index contributed by atoms with van der Waals surface area (Å²) in [6.45, 7) is 12.5. The summed E-state index contributed by atoms with van der Waals surface area (Å²) in [5.74, 6) is 0.205. The number of hydrogen-bond acceptors (Lipinski definition) is 5. The van der Waals surface area contributed by atoms with E-state index in [9.17, 15) is 9.90 Å². The molecular formula is C26H32N2O2S2. The average Bonchev–Trinajstić information content (AvgIpc) is 2.94. The lowest BCUT2D eigenvalue weighted by Crippen LogP contribution is -2.27. The third kappa shape index (κ3) is 4.86. The fourth-order valence-corrected chi connectivity index (χ4v) is 4.92. The molecule has 1 fully saturated rings. The van der Waals surface area contributed by atoms with Crippen molar-refractivity contribution < 1.29 is 9.90 Å².